The fraction of sp³-hybridized carbons (Fsp3) is 0.250. The van der Waals surface area contributed by atoms with E-state index in [2.05, 4.69) is 46.9 Å². The van der Waals surface area contributed by atoms with E-state index in [1.165, 1.54) is 5.57 Å². The van der Waals surface area contributed by atoms with E-state index in [4.69, 9.17) is 0 Å². The smallest absolute Gasteiger partial charge is 0.0951 e. The molecule has 2 nitrogen and oxygen atoms in total. The molecule has 2 heteroatoms. The van der Waals surface area contributed by atoms with Crippen LogP contribution in [0, 0.1) is 0 Å². The van der Waals surface area contributed by atoms with Gasteiger partial charge >= 0.3 is 0 Å². The predicted octanol–water partition coefficient (Wildman–Crippen LogP) is 2.89. The number of imidazole rings is 1. The standard InChI is InChI=1S/C12H14N2/c1-11(14-9-8-13-10-14)12-6-4-2-3-5-7-12/h2-6,8-11H,7H2,1H3. The Labute approximate surface area is 84.3 Å². The van der Waals surface area contributed by atoms with Crippen molar-refractivity contribution in [1.29, 1.82) is 0 Å². The lowest BCUT2D eigenvalue weighted by atomic mass is 10.1. The summed E-state index contributed by atoms with van der Waals surface area (Å²) in [6.07, 6.45) is 17.3. The van der Waals surface area contributed by atoms with Crippen LogP contribution in [0.5, 0.6) is 0 Å². The number of rotatable bonds is 2. The second-order valence-electron chi connectivity index (χ2n) is 3.44. The number of hydrogen-bond acceptors (Lipinski definition) is 1. The summed E-state index contributed by atoms with van der Waals surface area (Å²) in [5, 5.41) is 0. The molecule has 1 aromatic rings. The van der Waals surface area contributed by atoms with Crippen LogP contribution < -0.4 is 0 Å². The van der Waals surface area contributed by atoms with Crippen LogP contribution in [0.4, 0.5) is 0 Å². The summed E-state index contributed by atoms with van der Waals surface area (Å²) in [4.78, 5) is 4.06. The third kappa shape index (κ3) is 1.84. The van der Waals surface area contributed by atoms with Crippen molar-refractivity contribution in [3.63, 3.8) is 0 Å². The average molecular weight is 186 g/mol. The Hall–Kier alpha value is -1.57. The van der Waals surface area contributed by atoms with Gasteiger partial charge in [0.1, 0.15) is 0 Å². The number of nitrogens with zero attached hydrogens (tertiary/aromatic N) is 2. The zero-order valence-corrected chi connectivity index (χ0v) is 8.30. The molecule has 2 rings (SSSR count). The van der Waals surface area contributed by atoms with Crippen LogP contribution in [0.1, 0.15) is 19.4 Å². The van der Waals surface area contributed by atoms with E-state index in [1.54, 1.807) is 0 Å². The summed E-state index contributed by atoms with van der Waals surface area (Å²) in [7, 11) is 0. The zero-order chi connectivity index (χ0) is 9.80. The summed E-state index contributed by atoms with van der Waals surface area (Å²) in [6.45, 7) is 2.19. The van der Waals surface area contributed by atoms with Crippen LogP contribution in [-0.2, 0) is 0 Å². The Morgan fingerprint density at radius 1 is 1.36 bits per heavy atom. The van der Waals surface area contributed by atoms with Gasteiger partial charge in [-0.3, -0.25) is 0 Å². The minimum absolute atomic E-state index is 0.393. The van der Waals surface area contributed by atoms with Gasteiger partial charge in [0, 0.05) is 12.4 Å². The Morgan fingerprint density at radius 2 is 2.29 bits per heavy atom. The molecule has 0 fully saturated rings. The van der Waals surface area contributed by atoms with Gasteiger partial charge in [-0.2, -0.15) is 0 Å². The lowest BCUT2D eigenvalue weighted by molar-refractivity contribution is 0.615. The second kappa shape index (κ2) is 4.09. The molecule has 0 N–H and O–H groups in total. The number of allylic oxidation sites excluding steroid dienone is 6. The van der Waals surface area contributed by atoms with Crippen LogP contribution in [0.2, 0.25) is 0 Å². The molecule has 1 aliphatic carbocycles. The van der Waals surface area contributed by atoms with E-state index in [-0.39, 0.29) is 0 Å². The SMILES string of the molecule is CC(C1=CC=CC=CC1)n1ccnc1. The Balaban J connectivity index is 2.19. The molecule has 0 bridgehead atoms. The first-order chi connectivity index (χ1) is 6.88. The van der Waals surface area contributed by atoms with Gasteiger partial charge in [-0.05, 0) is 18.9 Å². The van der Waals surface area contributed by atoms with E-state index in [9.17, 15) is 0 Å². The monoisotopic (exact) mass is 186 g/mol. The van der Waals surface area contributed by atoms with Crippen molar-refractivity contribution in [3.8, 4) is 0 Å². The highest BCUT2D eigenvalue weighted by molar-refractivity contribution is 5.25. The predicted molar refractivity (Wildman–Crippen MR) is 57.9 cm³/mol. The minimum atomic E-state index is 0.393. The molecule has 14 heavy (non-hydrogen) atoms. The fourth-order valence-corrected chi connectivity index (χ4v) is 1.59. The summed E-state index contributed by atoms with van der Waals surface area (Å²) in [6, 6.07) is 0.393. The van der Waals surface area contributed by atoms with Crippen molar-refractivity contribution >= 4 is 0 Å². The highest BCUT2D eigenvalue weighted by atomic mass is 15.0. The number of hydrogen-bond donors (Lipinski definition) is 0. The molecule has 1 heterocycles. The molecule has 72 valence electrons. The topological polar surface area (TPSA) is 17.8 Å². The minimum Gasteiger partial charge on any atom is -0.331 e. The van der Waals surface area contributed by atoms with Crippen LogP contribution in [0.25, 0.3) is 0 Å². The van der Waals surface area contributed by atoms with Crippen molar-refractivity contribution < 1.29 is 0 Å². The third-order valence-electron chi connectivity index (χ3n) is 2.53. The maximum Gasteiger partial charge on any atom is 0.0951 e. The largest absolute Gasteiger partial charge is 0.331 e. The molecule has 0 aliphatic heterocycles. The van der Waals surface area contributed by atoms with E-state index < -0.39 is 0 Å². The quantitative estimate of drug-likeness (QED) is 0.694. The Kier molecular flexibility index (Phi) is 2.63. The zero-order valence-electron chi connectivity index (χ0n) is 8.30. The molecular weight excluding hydrogens is 172 g/mol. The van der Waals surface area contributed by atoms with Gasteiger partial charge in [0.05, 0.1) is 12.4 Å². The van der Waals surface area contributed by atoms with E-state index in [0.717, 1.165) is 6.42 Å². The van der Waals surface area contributed by atoms with Crippen molar-refractivity contribution in [2.24, 2.45) is 0 Å². The fourth-order valence-electron chi connectivity index (χ4n) is 1.59. The maximum atomic E-state index is 4.06. The van der Waals surface area contributed by atoms with E-state index >= 15 is 0 Å². The summed E-state index contributed by atoms with van der Waals surface area (Å²) in [5.74, 6) is 0. The van der Waals surface area contributed by atoms with Crippen LogP contribution in [0.15, 0.2) is 54.7 Å². The highest BCUT2D eigenvalue weighted by Gasteiger charge is 2.08. The average Bonchev–Trinajstić information content (AvgIpc) is 2.59. The molecule has 1 atom stereocenters. The maximum absolute atomic E-state index is 4.06. The van der Waals surface area contributed by atoms with Gasteiger partial charge in [-0.15, -0.1) is 0 Å². The van der Waals surface area contributed by atoms with Gasteiger partial charge in [0.2, 0.25) is 0 Å². The lowest BCUT2D eigenvalue weighted by Crippen LogP contribution is -2.05. The summed E-state index contributed by atoms with van der Waals surface area (Å²) >= 11 is 0. The molecule has 1 unspecified atom stereocenters. The Bertz CT molecular complexity index is 369. The van der Waals surface area contributed by atoms with Gasteiger partial charge in [0.15, 0.2) is 0 Å². The molecule has 0 spiro atoms. The number of aromatic nitrogens is 2. The van der Waals surface area contributed by atoms with Gasteiger partial charge in [0.25, 0.3) is 0 Å². The van der Waals surface area contributed by atoms with Crippen molar-refractivity contribution in [1.82, 2.24) is 9.55 Å². The molecule has 0 saturated heterocycles. The van der Waals surface area contributed by atoms with Crippen LogP contribution in [0.3, 0.4) is 0 Å². The lowest BCUT2D eigenvalue weighted by Gasteiger charge is -2.15. The van der Waals surface area contributed by atoms with Crippen LogP contribution >= 0.6 is 0 Å². The normalized spacial score (nSPS) is 17.6. The highest BCUT2D eigenvalue weighted by Crippen LogP contribution is 2.21. The first-order valence-electron chi connectivity index (χ1n) is 4.87. The molecular formula is C12H14N2. The molecule has 0 amide bonds. The van der Waals surface area contributed by atoms with Crippen molar-refractivity contribution in [3.05, 3.63) is 54.7 Å². The first-order valence-corrected chi connectivity index (χ1v) is 4.87. The van der Waals surface area contributed by atoms with Gasteiger partial charge in [-0.25, -0.2) is 4.98 Å². The molecule has 0 saturated carbocycles. The summed E-state index contributed by atoms with van der Waals surface area (Å²) < 4.78 is 2.12. The van der Waals surface area contributed by atoms with Gasteiger partial charge in [-0.1, -0.05) is 30.4 Å². The summed E-state index contributed by atoms with van der Waals surface area (Å²) in [5.41, 5.74) is 1.41. The second-order valence-corrected chi connectivity index (χ2v) is 3.44. The Morgan fingerprint density at radius 3 is 3.07 bits per heavy atom. The third-order valence-corrected chi connectivity index (χ3v) is 2.53. The first kappa shape index (κ1) is 9.00. The van der Waals surface area contributed by atoms with Crippen molar-refractivity contribution in [2.45, 2.75) is 19.4 Å². The van der Waals surface area contributed by atoms with Crippen molar-refractivity contribution in [2.75, 3.05) is 0 Å². The van der Waals surface area contributed by atoms with E-state index in [1.807, 2.05) is 18.7 Å². The molecule has 0 aromatic carbocycles. The van der Waals surface area contributed by atoms with E-state index in [0.29, 0.717) is 6.04 Å². The van der Waals surface area contributed by atoms with Crippen LogP contribution in [-0.4, -0.2) is 9.55 Å². The van der Waals surface area contributed by atoms with Gasteiger partial charge < -0.3 is 4.57 Å². The molecule has 0 radical (unpaired) electrons. The molecule has 1 aromatic heterocycles. The molecule has 1 aliphatic rings.